The molecular formula is C23H34ClN7O3. The molecule has 0 radical (unpaired) electrons. The predicted octanol–water partition coefficient (Wildman–Crippen LogP) is 2.11. The first kappa shape index (κ1) is 25.8. The molecule has 2 aromatic rings. The van der Waals surface area contributed by atoms with Crippen molar-refractivity contribution in [2.24, 2.45) is 0 Å². The molecule has 2 heterocycles. The van der Waals surface area contributed by atoms with Gasteiger partial charge < -0.3 is 35.6 Å². The van der Waals surface area contributed by atoms with Crippen molar-refractivity contribution in [3.8, 4) is 5.75 Å². The number of piperidine rings is 1. The Kier molecular flexibility index (Phi) is 9.14. The summed E-state index contributed by atoms with van der Waals surface area (Å²) in [5.74, 6) is 1.62. The second-order valence-corrected chi connectivity index (χ2v) is 8.84. The van der Waals surface area contributed by atoms with E-state index >= 15 is 0 Å². The molecular weight excluding hydrogens is 458 g/mol. The van der Waals surface area contributed by atoms with Gasteiger partial charge in [0.25, 0.3) is 5.91 Å². The van der Waals surface area contributed by atoms with Crippen LogP contribution in [0.2, 0.25) is 5.02 Å². The number of rotatable bonds is 10. The van der Waals surface area contributed by atoms with Crippen molar-refractivity contribution in [2.45, 2.75) is 25.0 Å². The van der Waals surface area contributed by atoms with E-state index in [1.165, 1.54) is 13.2 Å². The lowest BCUT2D eigenvalue weighted by Crippen LogP contribution is -2.55. The van der Waals surface area contributed by atoms with E-state index in [1.54, 1.807) is 19.4 Å². The summed E-state index contributed by atoms with van der Waals surface area (Å²) in [4.78, 5) is 26.0. The summed E-state index contributed by atoms with van der Waals surface area (Å²) in [5.41, 5.74) is 6.55. The number of hydrogen-bond acceptors (Lipinski definition) is 9. The standard InChI is InChI=1S/C23H34ClN7O3/c1-30(2)21-6-9-27-23(29-21)26-8-5-10-31-11-7-18(20(14-31)34-4)28-22(32)15-12-16(24)17(25)13-19(15)33-3/h6,9,12-13,18,20H,5,7-8,10-11,14,25H2,1-4H3,(H,28,32)(H,26,27,29)/t18-,20+/m1/s1. The third-order valence-electron chi connectivity index (χ3n) is 5.86. The molecule has 0 bridgehead atoms. The fraction of sp³-hybridized carbons (Fsp3) is 0.522. The van der Waals surface area contributed by atoms with Gasteiger partial charge in [-0.3, -0.25) is 4.79 Å². The van der Waals surface area contributed by atoms with Crippen LogP contribution in [-0.4, -0.2) is 87.4 Å². The van der Waals surface area contributed by atoms with Gasteiger partial charge in [0.05, 0.1) is 35.5 Å². The number of ether oxygens (including phenoxy) is 2. The van der Waals surface area contributed by atoms with Crippen molar-refractivity contribution in [3.63, 3.8) is 0 Å². The highest BCUT2D eigenvalue weighted by Crippen LogP contribution is 2.29. The lowest BCUT2D eigenvalue weighted by molar-refractivity contribution is 0.00637. The smallest absolute Gasteiger partial charge is 0.255 e. The van der Waals surface area contributed by atoms with Gasteiger partial charge in [-0.05, 0) is 31.5 Å². The number of benzene rings is 1. The maximum absolute atomic E-state index is 12.9. The van der Waals surface area contributed by atoms with Gasteiger partial charge in [-0.25, -0.2) is 4.98 Å². The van der Waals surface area contributed by atoms with Crippen LogP contribution in [0, 0.1) is 0 Å². The van der Waals surface area contributed by atoms with Crippen LogP contribution in [0.5, 0.6) is 5.75 Å². The quantitative estimate of drug-likeness (QED) is 0.339. The molecule has 3 rings (SSSR count). The Hall–Kier alpha value is -2.82. The largest absolute Gasteiger partial charge is 0.496 e. The van der Waals surface area contributed by atoms with Gasteiger partial charge in [-0.2, -0.15) is 4.98 Å². The van der Waals surface area contributed by atoms with Crippen LogP contribution in [0.25, 0.3) is 0 Å². The maximum atomic E-state index is 12.9. The molecule has 1 aliphatic heterocycles. The Labute approximate surface area is 205 Å². The Morgan fingerprint density at radius 2 is 2.15 bits per heavy atom. The molecule has 11 heteroatoms. The monoisotopic (exact) mass is 491 g/mol. The van der Waals surface area contributed by atoms with Crippen molar-refractivity contribution in [1.82, 2.24) is 20.2 Å². The summed E-state index contributed by atoms with van der Waals surface area (Å²) in [7, 11) is 7.07. The minimum absolute atomic E-state index is 0.116. The van der Waals surface area contributed by atoms with Crippen molar-refractivity contribution >= 4 is 35.0 Å². The molecule has 1 fully saturated rings. The number of carbonyl (C=O) groups is 1. The molecule has 10 nitrogen and oxygen atoms in total. The van der Waals surface area contributed by atoms with Crippen LogP contribution >= 0.6 is 11.6 Å². The minimum atomic E-state index is -0.261. The highest BCUT2D eigenvalue weighted by atomic mass is 35.5. The fourth-order valence-electron chi connectivity index (χ4n) is 3.94. The number of nitrogens with one attached hydrogen (secondary N) is 2. The first-order valence-electron chi connectivity index (χ1n) is 11.3. The van der Waals surface area contributed by atoms with E-state index in [-0.39, 0.29) is 18.1 Å². The molecule has 0 saturated carbocycles. The number of nitrogens with two attached hydrogens (primary N) is 1. The summed E-state index contributed by atoms with van der Waals surface area (Å²) >= 11 is 6.12. The molecule has 1 aromatic carbocycles. The molecule has 4 N–H and O–H groups in total. The number of nitrogen functional groups attached to an aromatic ring is 1. The Morgan fingerprint density at radius 3 is 2.85 bits per heavy atom. The molecule has 0 spiro atoms. The first-order valence-corrected chi connectivity index (χ1v) is 11.6. The summed E-state index contributed by atoms with van der Waals surface area (Å²) in [6, 6.07) is 4.85. The fourth-order valence-corrected chi connectivity index (χ4v) is 4.10. The summed E-state index contributed by atoms with van der Waals surface area (Å²) in [5, 5.41) is 6.68. The summed E-state index contributed by atoms with van der Waals surface area (Å²) < 4.78 is 11.0. The zero-order valence-corrected chi connectivity index (χ0v) is 20.9. The van der Waals surface area contributed by atoms with E-state index in [0.717, 1.165) is 44.8 Å². The topological polar surface area (TPSA) is 118 Å². The van der Waals surface area contributed by atoms with Gasteiger partial charge in [-0.15, -0.1) is 0 Å². The normalized spacial score (nSPS) is 18.4. The van der Waals surface area contributed by atoms with E-state index in [4.69, 9.17) is 26.8 Å². The number of halogens is 1. The van der Waals surface area contributed by atoms with E-state index < -0.39 is 0 Å². The van der Waals surface area contributed by atoms with Crippen LogP contribution < -0.4 is 26.0 Å². The number of nitrogens with zero attached hydrogens (tertiary/aromatic N) is 4. The minimum Gasteiger partial charge on any atom is -0.496 e. The molecule has 1 aromatic heterocycles. The SMILES string of the molecule is COc1cc(N)c(Cl)cc1C(=O)N[C@@H]1CCN(CCCNc2nccc(N(C)C)n2)C[C@@H]1OC. The summed E-state index contributed by atoms with van der Waals surface area (Å²) in [6.07, 6.45) is 3.34. The van der Waals surface area contributed by atoms with E-state index in [1.807, 2.05) is 25.1 Å². The molecule has 34 heavy (non-hydrogen) atoms. The number of methoxy groups -OCH3 is 2. The van der Waals surface area contributed by atoms with Crippen LogP contribution in [-0.2, 0) is 4.74 Å². The van der Waals surface area contributed by atoms with Gasteiger partial charge >= 0.3 is 0 Å². The second-order valence-electron chi connectivity index (χ2n) is 8.43. The molecule has 1 saturated heterocycles. The van der Waals surface area contributed by atoms with Crippen LogP contribution in [0.4, 0.5) is 17.5 Å². The van der Waals surface area contributed by atoms with Gasteiger partial charge in [0.15, 0.2) is 0 Å². The highest BCUT2D eigenvalue weighted by molar-refractivity contribution is 6.33. The lowest BCUT2D eigenvalue weighted by Gasteiger charge is -2.38. The van der Waals surface area contributed by atoms with Crippen LogP contribution in [0.1, 0.15) is 23.2 Å². The average Bonchev–Trinajstić information content (AvgIpc) is 2.84. The maximum Gasteiger partial charge on any atom is 0.255 e. The number of anilines is 3. The number of likely N-dealkylation sites (tertiary alicyclic amines) is 1. The van der Waals surface area contributed by atoms with Crippen LogP contribution in [0.3, 0.4) is 0 Å². The Bertz CT molecular complexity index is 976. The Morgan fingerprint density at radius 1 is 1.35 bits per heavy atom. The molecule has 186 valence electrons. The van der Waals surface area contributed by atoms with Crippen molar-refractivity contribution in [1.29, 1.82) is 0 Å². The highest BCUT2D eigenvalue weighted by Gasteiger charge is 2.31. The third kappa shape index (κ3) is 6.62. The Balaban J connectivity index is 1.49. The zero-order valence-electron chi connectivity index (χ0n) is 20.2. The van der Waals surface area contributed by atoms with E-state index in [0.29, 0.717) is 28.0 Å². The van der Waals surface area contributed by atoms with Crippen molar-refractivity contribution in [3.05, 3.63) is 35.0 Å². The molecule has 0 aliphatic carbocycles. The molecule has 0 unspecified atom stereocenters. The third-order valence-corrected chi connectivity index (χ3v) is 6.19. The van der Waals surface area contributed by atoms with Crippen molar-refractivity contribution in [2.75, 3.05) is 70.4 Å². The zero-order chi connectivity index (χ0) is 24.7. The van der Waals surface area contributed by atoms with Crippen molar-refractivity contribution < 1.29 is 14.3 Å². The van der Waals surface area contributed by atoms with Gasteiger partial charge in [0.2, 0.25) is 5.95 Å². The molecule has 2 atom stereocenters. The average molecular weight is 492 g/mol. The lowest BCUT2D eigenvalue weighted by atomic mass is 10.0. The van der Waals surface area contributed by atoms with E-state index in [2.05, 4.69) is 25.5 Å². The number of amides is 1. The predicted molar refractivity (Wildman–Crippen MR) is 135 cm³/mol. The first-order chi connectivity index (χ1) is 16.3. The summed E-state index contributed by atoms with van der Waals surface area (Å²) in [6.45, 7) is 3.26. The number of aromatic nitrogens is 2. The van der Waals surface area contributed by atoms with Gasteiger partial charge in [0, 0.05) is 53.1 Å². The second kappa shape index (κ2) is 12.0. The number of hydrogen-bond donors (Lipinski definition) is 3. The van der Waals surface area contributed by atoms with Crippen LogP contribution in [0.15, 0.2) is 24.4 Å². The number of carbonyl (C=O) groups excluding carboxylic acids is 1. The molecule has 1 amide bonds. The van der Waals surface area contributed by atoms with E-state index in [9.17, 15) is 4.79 Å². The van der Waals surface area contributed by atoms with Gasteiger partial charge in [-0.1, -0.05) is 11.6 Å². The van der Waals surface area contributed by atoms with Gasteiger partial charge in [0.1, 0.15) is 11.6 Å². The molecule has 1 aliphatic rings.